The van der Waals surface area contributed by atoms with Crippen LogP contribution < -0.4 is 14.9 Å². The normalized spacial score (nSPS) is 28.5. The second kappa shape index (κ2) is 9.16. The Hall–Kier alpha value is -2.86. The van der Waals surface area contributed by atoms with E-state index in [1.165, 1.54) is 61.0 Å². The van der Waals surface area contributed by atoms with Crippen LogP contribution in [-0.4, -0.2) is 16.0 Å². The minimum atomic E-state index is 0.0217. The van der Waals surface area contributed by atoms with Gasteiger partial charge in [-0.15, -0.1) is 11.3 Å². The van der Waals surface area contributed by atoms with Gasteiger partial charge in [0.25, 0.3) is 0 Å². The summed E-state index contributed by atoms with van der Waals surface area (Å²) >= 11 is 1.81. The Labute approximate surface area is 222 Å². The fraction of sp³-hybridized carbons (Fsp3) is 0.484. The molecule has 0 aliphatic heterocycles. The summed E-state index contributed by atoms with van der Waals surface area (Å²) in [4.78, 5) is 21.1. The lowest BCUT2D eigenvalue weighted by atomic mass is 9.53. The predicted octanol–water partition coefficient (Wildman–Crippen LogP) is 7.04. The zero-order valence-corrected chi connectivity index (χ0v) is 22.3. The number of amides is 1. The van der Waals surface area contributed by atoms with Crippen LogP contribution in [0.1, 0.15) is 68.0 Å². The third-order valence-electron chi connectivity index (χ3n) is 8.84. The second-order valence-electron chi connectivity index (χ2n) is 11.9. The maximum Gasteiger partial charge on any atom is 0.230 e. The Morgan fingerprint density at radius 1 is 0.973 bits per heavy atom. The first-order chi connectivity index (χ1) is 18.0. The van der Waals surface area contributed by atoms with Crippen LogP contribution in [0.4, 0.5) is 5.69 Å². The number of aryl methyl sites for hydroxylation is 1. The molecule has 6 heteroatoms. The summed E-state index contributed by atoms with van der Waals surface area (Å²) in [6.45, 7) is 2.17. The molecule has 5 aliphatic carbocycles. The molecule has 4 bridgehead atoms. The Morgan fingerprint density at radius 2 is 1.59 bits per heavy atom. The number of rotatable bonds is 7. The third kappa shape index (κ3) is 4.76. The zero-order valence-electron chi connectivity index (χ0n) is 21.5. The maximum absolute atomic E-state index is 13.1. The van der Waals surface area contributed by atoms with E-state index in [1.54, 1.807) is 0 Å². The van der Waals surface area contributed by atoms with Gasteiger partial charge in [-0.25, -0.2) is 0 Å². The molecule has 192 valence electrons. The molecule has 1 N–H and O–H groups in total. The van der Waals surface area contributed by atoms with Crippen LogP contribution in [0.25, 0.3) is 0 Å². The van der Waals surface area contributed by atoms with Crippen molar-refractivity contribution in [2.45, 2.75) is 76.3 Å². The topological polar surface area (TPSA) is 55.6 Å². The first kappa shape index (κ1) is 23.3. The highest BCUT2D eigenvalue weighted by Gasteiger charge is 2.51. The largest absolute Gasteiger partial charge is 0.457 e. The van der Waals surface area contributed by atoms with E-state index < -0.39 is 0 Å². The van der Waals surface area contributed by atoms with Crippen molar-refractivity contribution >= 4 is 22.9 Å². The van der Waals surface area contributed by atoms with Crippen molar-refractivity contribution in [1.82, 2.24) is 4.57 Å². The molecule has 8 rings (SSSR count). The van der Waals surface area contributed by atoms with Crippen LogP contribution in [0.2, 0.25) is 0 Å². The van der Waals surface area contributed by atoms with Crippen LogP contribution >= 0.6 is 11.3 Å². The molecule has 0 unspecified atom stereocenters. The highest BCUT2D eigenvalue weighted by molar-refractivity contribution is 7.09. The predicted molar refractivity (Wildman–Crippen MR) is 147 cm³/mol. The molecule has 3 aromatic rings. The summed E-state index contributed by atoms with van der Waals surface area (Å²) in [7, 11) is 0. The number of ether oxygens (including phenoxy) is 1. The summed E-state index contributed by atoms with van der Waals surface area (Å²) in [6.07, 6.45) is 10.9. The molecule has 1 amide bonds. The molecule has 5 aliphatic rings. The van der Waals surface area contributed by atoms with Crippen molar-refractivity contribution in [1.29, 1.82) is 0 Å². The van der Waals surface area contributed by atoms with E-state index in [2.05, 4.69) is 16.8 Å². The first-order valence-electron chi connectivity index (χ1n) is 13.9. The number of thiazole rings is 1. The van der Waals surface area contributed by atoms with Gasteiger partial charge in [0.1, 0.15) is 11.5 Å². The van der Waals surface area contributed by atoms with E-state index in [0.717, 1.165) is 40.6 Å². The summed E-state index contributed by atoms with van der Waals surface area (Å²) in [6, 6.07) is 17.8. The van der Waals surface area contributed by atoms with E-state index in [9.17, 15) is 4.79 Å². The highest BCUT2D eigenvalue weighted by atomic mass is 32.1. The number of nitrogens with one attached hydrogen (secondary N) is 1. The fourth-order valence-electron chi connectivity index (χ4n) is 7.52. The molecule has 37 heavy (non-hydrogen) atoms. The summed E-state index contributed by atoms with van der Waals surface area (Å²) < 4.78 is 8.32. The minimum absolute atomic E-state index is 0.0217. The van der Waals surface area contributed by atoms with Gasteiger partial charge in [0.05, 0.1) is 12.0 Å². The minimum Gasteiger partial charge on any atom is -0.457 e. The van der Waals surface area contributed by atoms with Gasteiger partial charge in [-0.2, -0.15) is 0 Å². The van der Waals surface area contributed by atoms with Crippen molar-refractivity contribution in [3.63, 3.8) is 0 Å². The van der Waals surface area contributed by atoms with Crippen LogP contribution in [-0.2, 0) is 11.2 Å². The van der Waals surface area contributed by atoms with E-state index in [4.69, 9.17) is 9.73 Å². The highest BCUT2D eigenvalue weighted by Crippen LogP contribution is 2.57. The third-order valence-corrected chi connectivity index (χ3v) is 9.86. The molecule has 0 saturated heterocycles. The molecule has 2 aromatic carbocycles. The van der Waals surface area contributed by atoms with Crippen molar-refractivity contribution in [2.24, 2.45) is 22.7 Å². The van der Waals surface area contributed by atoms with Gasteiger partial charge in [-0.1, -0.05) is 18.2 Å². The molecule has 0 radical (unpaired) electrons. The van der Waals surface area contributed by atoms with Gasteiger partial charge in [-0.3, -0.25) is 9.79 Å². The number of hydrogen-bond acceptors (Lipinski definition) is 4. The van der Waals surface area contributed by atoms with Gasteiger partial charge >= 0.3 is 0 Å². The lowest BCUT2D eigenvalue weighted by Crippen LogP contribution is -2.50. The average molecular weight is 514 g/mol. The van der Waals surface area contributed by atoms with Crippen molar-refractivity contribution in [2.75, 3.05) is 5.32 Å². The monoisotopic (exact) mass is 513 g/mol. The second-order valence-corrected chi connectivity index (χ2v) is 13.1. The number of nitrogens with zero attached hydrogens (tertiary/aromatic N) is 2. The van der Waals surface area contributed by atoms with E-state index in [-0.39, 0.29) is 11.4 Å². The number of para-hydroxylation sites is 1. The standard InChI is InChI=1S/C31H35N3O2S/c1-20-28(16-29(35)32-24-7-11-27(12-8-24)36-26-5-3-2-4-6-26)34(25-9-10-25)30(37-20)33-31-17-21-13-22(18-31)15-23(14-21)19-31/h2-8,11-12,21-23,25H,9-10,13-19H2,1H3,(H,32,35). The van der Waals surface area contributed by atoms with Crippen LogP contribution in [0.5, 0.6) is 11.5 Å². The summed E-state index contributed by atoms with van der Waals surface area (Å²) in [5.41, 5.74) is 2.10. The molecule has 0 spiro atoms. The lowest BCUT2D eigenvalue weighted by Gasteiger charge is -2.54. The molecular formula is C31H35N3O2S. The summed E-state index contributed by atoms with van der Waals surface area (Å²) in [5.74, 6) is 4.24. The van der Waals surface area contributed by atoms with Gasteiger partial charge in [-0.05, 0) is 112 Å². The molecular weight excluding hydrogens is 478 g/mol. The Balaban J connectivity index is 1.09. The SMILES string of the molecule is Cc1sc(=NC23CC4CC(CC(C4)C2)C3)n(C2CC2)c1CC(=O)Nc1ccc(Oc2ccccc2)cc1. The van der Waals surface area contributed by atoms with Gasteiger partial charge in [0.15, 0.2) is 4.80 Å². The Morgan fingerprint density at radius 3 is 2.22 bits per heavy atom. The number of carbonyl (C=O) groups is 1. The molecule has 5 saturated carbocycles. The quantitative estimate of drug-likeness (QED) is 0.368. The Bertz CT molecular complexity index is 1330. The van der Waals surface area contributed by atoms with Crippen molar-refractivity contribution < 1.29 is 9.53 Å². The molecule has 5 nitrogen and oxygen atoms in total. The number of carbonyl (C=O) groups excluding carboxylic acids is 1. The van der Waals surface area contributed by atoms with Crippen molar-refractivity contribution in [3.8, 4) is 11.5 Å². The Kier molecular flexibility index (Phi) is 5.76. The van der Waals surface area contributed by atoms with E-state index in [0.29, 0.717) is 12.5 Å². The fourth-order valence-corrected chi connectivity index (χ4v) is 8.68. The number of benzene rings is 2. The van der Waals surface area contributed by atoms with Crippen LogP contribution in [0.3, 0.4) is 0 Å². The number of aromatic nitrogens is 1. The van der Waals surface area contributed by atoms with Crippen LogP contribution in [0.15, 0.2) is 59.6 Å². The van der Waals surface area contributed by atoms with Crippen molar-refractivity contribution in [3.05, 3.63) is 70.0 Å². The first-order valence-corrected chi connectivity index (χ1v) is 14.7. The summed E-state index contributed by atoms with van der Waals surface area (Å²) in [5, 5.41) is 3.10. The molecule has 1 aromatic heterocycles. The molecule has 0 atom stereocenters. The van der Waals surface area contributed by atoms with Gasteiger partial charge in [0.2, 0.25) is 5.91 Å². The number of hydrogen-bond donors (Lipinski definition) is 1. The lowest BCUT2D eigenvalue weighted by molar-refractivity contribution is -0.115. The molecule has 5 fully saturated rings. The smallest absolute Gasteiger partial charge is 0.230 e. The van der Waals surface area contributed by atoms with Gasteiger partial charge in [0, 0.05) is 22.3 Å². The van der Waals surface area contributed by atoms with Crippen LogP contribution in [0, 0.1) is 24.7 Å². The van der Waals surface area contributed by atoms with E-state index in [1.807, 2.05) is 65.9 Å². The zero-order chi connectivity index (χ0) is 25.0. The average Bonchev–Trinajstić information content (AvgIpc) is 3.65. The van der Waals surface area contributed by atoms with Gasteiger partial charge < -0.3 is 14.6 Å². The molecule has 1 heterocycles. The number of anilines is 1. The maximum atomic E-state index is 13.1. The van der Waals surface area contributed by atoms with E-state index >= 15 is 0 Å².